The van der Waals surface area contributed by atoms with Crippen molar-refractivity contribution in [3.63, 3.8) is 0 Å². The molecule has 2 atom stereocenters. The fourth-order valence-corrected chi connectivity index (χ4v) is 3.07. The van der Waals surface area contributed by atoms with Crippen LogP contribution >= 0.6 is 0 Å². The van der Waals surface area contributed by atoms with Gasteiger partial charge in [0.2, 0.25) is 11.7 Å². The Bertz CT molecular complexity index is 788. The van der Waals surface area contributed by atoms with Gasteiger partial charge in [0.25, 0.3) is 0 Å². The Labute approximate surface area is 152 Å². The second kappa shape index (κ2) is 7.95. The summed E-state index contributed by atoms with van der Waals surface area (Å²) in [5.41, 5.74) is 1.28. The quantitative estimate of drug-likeness (QED) is 0.592. The number of nitrogens with zero attached hydrogens (tertiary/aromatic N) is 1. The first-order valence-corrected chi connectivity index (χ1v) is 8.75. The van der Waals surface area contributed by atoms with Gasteiger partial charge in [0.15, 0.2) is 6.10 Å². The summed E-state index contributed by atoms with van der Waals surface area (Å²) in [5, 5.41) is 0. The Kier molecular flexibility index (Phi) is 5.46. The SMILES string of the molecule is CC[C@@H](OC(=O)[C@@H]1CC(=O)N(c2ccccc2)C1)C(=O)c1ccccc1. The molecule has 5 nitrogen and oxygen atoms in total. The number of esters is 1. The molecule has 5 heteroatoms. The van der Waals surface area contributed by atoms with Gasteiger partial charge in [-0.2, -0.15) is 0 Å². The van der Waals surface area contributed by atoms with E-state index < -0.39 is 18.0 Å². The Morgan fingerprint density at radius 1 is 1.08 bits per heavy atom. The van der Waals surface area contributed by atoms with Gasteiger partial charge in [-0.3, -0.25) is 14.4 Å². The first-order valence-electron chi connectivity index (χ1n) is 8.75. The van der Waals surface area contributed by atoms with Gasteiger partial charge < -0.3 is 9.64 Å². The van der Waals surface area contributed by atoms with E-state index in [1.54, 1.807) is 36.1 Å². The summed E-state index contributed by atoms with van der Waals surface area (Å²) in [6.45, 7) is 2.08. The molecular formula is C21H21NO4. The summed E-state index contributed by atoms with van der Waals surface area (Å²) in [6, 6.07) is 18.0. The fraction of sp³-hybridized carbons (Fsp3) is 0.286. The van der Waals surface area contributed by atoms with Gasteiger partial charge in [0, 0.05) is 24.2 Å². The number of amides is 1. The third-order valence-electron chi connectivity index (χ3n) is 4.51. The number of carbonyl (C=O) groups is 3. The molecule has 1 aliphatic heterocycles. The molecule has 0 aliphatic carbocycles. The van der Waals surface area contributed by atoms with Crippen LogP contribution in [0.1, 0.15) is 30.1 Å². The zero-order chi connectivity index (χ0) is 18.5. The second-order valence-corrected chi connectivity index (χ2v) is 6.30. The molecular weight excluding hydrogens is 330 g/mol. The molecule has 2 aromatic carbocycles. The molecule has 0 N–H and O–H groups in total. The maximum atomic E-state index is 12.5. The van der Waals surface area contributed by atoms with Crippen molar-refractivity contribution in [1.29, 1.82) is 0 Å². The molecule has 26 heavy (non-hydrogen) atoms. The molecule has 0 unspecified atom stereocenters. The number of rotatable bonds is 6. The van der Waals surface area contributed by atoms with E-state index in [0.29, 0.717) is 12.0 Å². The van der Waals surface area contributed by atoms with Gasteiger partial charge in [-0.05, 0) is 18.6 Å². The lowest BCUT2D eigenvalue weighted by Crippen LogP contribution is -2.31. The molecule has 1 heterocycles. The van der Waals surface area contributed by atoms with E-state index >= 15 is 0 Å². The van der Waals surface area contributed by atoms with Crippen molar-refractivity contribution < 1.29 is 19.1 Å². The highest BCUT2D eigenvalue weighted by Gasteiger charge is 2.37. The Morgan fingerprint density at radius 2 is 1.69 bits per heavy atom. The highest BCUT2D eigenvalue weighted by Crippen LogP contribution is 2.26. The van der Waals surface area contributed by atoms with Crippen LogP contribution in [0, 0.1) is 5.92 Å². The molecule has 0 radical (unpaired) electrons. The van der Waals surface area contributed by atoms with Crippen LogP contribution in [0.2, 0.25) is 0 Å². The minimum atomic E-state index is -0.828. The minimum absolute atomic E-state index is 0.101. The van der Waals surface area contributed by atoms with Crippen LogP contribution in [0.5, 0.6) is 0 Å². The topological polar surface area (TPSA) is 63.7 Å². The Hall–Kier alpha value is -2.95. The third-order valence-corrected chi connectivity index (χ3v) is 4.51. The Balaban J connectivity index is 1.66. The summed E-state index contributed by atoms with van der Waals surface area (Å²) < 4.78 is 5.46. The first kappa shape index (κ1) is 17.9. The lowest BCUT2D eigenvalue weighted by molar-refractivity contribution is -0.151. The van der Waals surface area contributed by atoms with E-state index in [1.807, 2.05) is 36.4 Å². The molecule has 2 aromatic rings. The van der Waals surface area contributed by atoms with Crippen molar-refractivity contribution in [2.45, 2.75) is 25.9 Å². The molecule has 134 valence electrons. The number of anilines is 1. The van der Waals surface area contributed by atoms with Gasteiger partial charge in [0.05, 0.1) is 5.92 Å². The van der Waals surface area contributed by atoms with Crippen molar-refractivity contribution in [3.8, 4) is 0 Å². The molecule has 1 aliphatic rings. The predicted octanol–water partition coefficient (Wildman–Crippen LogP) is 3.24. The molecule has 0 saturated carbocycles. The van der Waals surface area contributed by atoms with E-state index in [2.05, 4.69) is 0 Å². The number of para-hydroxylation sites is 1. The number of Topliss-reactive ketones (excluding diaryl/α,β-unsaturated/α-hetero) is 1. The summed E-state index contributed by atoms with van der Waals surface area (Å²) in [6.07, 6.45) is -0.336. The molecule has 3 rings (SSSR count). The average Bonchev–Trinajstić information content (AvgIpc) is 3.08. The fourth-order valence-electron chi connectivity index (χ4n) is 3.07. The van der Waals surface area contributed by atoms with E-state index in [4.69, 9.17) is 4.74 Å². The standard InChI is InChI=1S/C21H21NO4/c1-2-18(20(24)15-9-5-3-6-10-15)26-21(25)16-13-19(23)22(14-16)17-11-7-4-8-12-17/h3-12,16,18H,2,13-14H2,1H3/t16-,18-/m1/s1. The highest BCUT2D eigenvalue weighted by molar-refractivity contribution is 6.02. The van der Waals surface area contributed by atoms with Crippen LogP contribution < -0.4 is 4.90 Å². The maximum absolute atomic E-state index is 12.5. The van der Waals surface area contributed by atoms with Gasteiger partial charge in [-0.15, -0.1) is 0 Å². The summed E-state index contributed by atoms with van der Waals surface area (Å²) >= 11 is 0. The van der Waals surface area contributed by atoms with Crippen LogP contribution in [0.4, 0.5) is 5.69 Å². The van der Waals surface area contributed by atoms with Crippen LogP contribution in [0.25, 0.3) is 0 Å². The molecule has 1 saturated heterocycles. The van der Waals surface area contributed by atoms with Gasteiger partial charge in [-0.1, -0.05) is 55.5 Å². The summed E-state index contributed by atoms with van der Waals surface area (Å²) in [4.78, 5) is 38.9. The number of ketones is 1. The van der Waals surface area contributed by atoms with Crippen LogP contribution in [-0.4, -0.2) is 30.3 Å². The lowest BCUT2D eigenvalue weighted by Gasteiger charge is -2.19. The predicted molar refractivity (Wildman–Crippen MR) is 97.8 cm³/mol. The number of hydrogen-bond acceptors (Lipinski definition) is 4. The normalized spacial score (nSPS) is 17.8. The van der Waals surface area contributed by atoms with Crippen molar-refractivity contribution in [2.24, 2.45) is 5.92 Å². The average molecular weight is 351 g/mol. The molecule has 0 spiro atoms. The molecule has 0 aromatic heterocycles. The van der Waals surface area contributed by atoms with E-state index in [0.717, 1.165) is 5.69 Å². The molecule has 1 amide bonds. The Morgan fingerprint density at radius 3 is 2.31 bits per heavy atom. The minimum Gasteiger partial charge on any atom is -0.454 e. The largest absolute Gasteiger partial charge is 0.454 e. The number of benzene rings is 2. The molecule has 1 fully saturated rings. The molecule has 0 bridgehead atoms. The lowest BCUT2D eigenvalue weighted by atomic mass is 10.0. The van der Waals surface area contributed by atoms with Crippen molar-refractivity contribution in [3.05, 3.63) is 66.2 Å². The first-order chi connectivity index (χ1) is 12.6. The zero-order valence-corrected chi connectivity index (χ0v) is 14.6. The van der Waals surface area contributed by atoms with E-state index in [-0.39, 0.29) is 24.7 Å². The van der Waals surface area contributed by atoms with Crippen LogP contribution in [0.3, 0.4) is 0 Å². The number of carbonyl (C=O) groups excluding carboxylic acids is 3. The van der Waals surface area contributed by atoms with E-state index in [1.165, 1.54) is 0 Å². The number of ether oxygens (including phenoxy) is 1. The van der Waals surface area contributed by atoms with Crippen molar-refractivity contribution >= 4 is 23.3 Å². The zero-order valence-electron chi connectivity index (χ0n) is 14.6. The summed E-state index contributed by atoms with van der Waals surface area (Å²) in [5.74, 6) is -1.38. The maximum Gasteiger partial charge on any atom is 0.312 e. The van der Waals surface area contributed by atoms with Gasteiger partial charge >= 0.3 is 5.97 Å². The smallest absolute Gasteiger partial charge is 0.312 e. The summed E-state index contributed by atoms with van der Waals surface area (Å²) in [7, 11) is 0. The number of hydrogen-bond donors (Lipinski definition) is 0. The van der Waals surface area contributed by atoms with Crippen LogP contribution in [-0.2, 0) is 14.3 Å². The second-order valence-electron chi connectivity index (χ2n) is 6.30. The van der Waals surface area contributed by atoms with Crippen LogP contribution in [0.15, 0.2) is 60.7 Å². The monoisotopic (exact) mass is 351 g/mol. The van der Waals surface area contributed by atoms with Gasteiger partial charge in [0.1, 0.15) is 0 Å². The van der Waals surface area contributed by atoms with Crippen molar-refractivity contribution in [2.75, 3.05) is 11.4 Å². The van der Waals surface area contributed by atoms with Crippen molar-refractivity contribution in [1.82, 2.24) is 0 Å². The van der Waals surface area contributed by atoms with E-state index in [9.17, 15) is 14.4 Å². The van der Waals surface area contributed by atoms with Gasteiger partial charge in [-0.25, -0.2) is 0 Å². The third kappa shape index (κ3) is 3.82. The highest BCUT2D eigenvalue weighted by atomic mass is 16.5.